The Balaban J connectivity index is 1.74. The van der Waals surface area contributed by atoms with Crippen LogP contribution < -0.4 is 10.7 Å². The van der Waals surface area contributed by atoms with Crippen LogP contribution in [0.25, 0.3) is 10.2 Å². The van der Waals surface area contributed by atoms with Gasteiger partial charge in [0.1, 0.15) is 5.56 Å². The van der Waals surface area contributed by atoms with Crippen LogP contribution in [0.5, 0.6) is 0 Å². The third-order valence-electron chi connectivity index (χ3n) is 4.83. The van der Waals surface area contributed by atoms with E-state index in [1.807, 2.05) is 29.1 Å². The van der Waals surface area contributed by atoms with Gasteiger partial charge in [0.05, 0.1) is 16.8 Å². The summed E-state index contributed by atoms with van der Waals surface area (Å²) in [6.45, 7) is 8.49. The fraction of sp³-hybridized carbons (Fsp3) is 0.364. The lowest BCUT2D eigenvalue weighted by molar-refractivity contribution is 0.0949. The van der Waals surface area contributed by atoms with Gasteiger partial charge in [-0.15, -0.1) is 11.3 Å². The third kappa shape index (κ3) is 5.60. The summed E-state index contributed by atoms with van der Waals surface area (Å²) in [7, 11) is 0.720. The molecule has 2 heterocycles. The largest absolute Gasteiger partial charge is 0.377 e. The molecule has 0 radical (unpaired) electrons. The average molecular weight is 463 g/mol. The van der Waals surface area contributed by atoms with Gasteiger partial charge < -0.3 is 14.6 Å². The molecule has 3 aromatic rings. The molecular formula is C22H27ClN2O3SSi. The van der Waals surface area contributed by atoms with Gasteiger partial charge in [-0.05, 0) is 29.1 Å². The Hall–Kier alpha value is -1.93. The van der Waals surface area contributed by atoms with Crippen LogP contribution in [0.2, 0.25) is 30.7 Å². The summed E-state index contributed by atoms with van der Waals surface area (Å²) in [5, 5.41) is 5.41. The van der Waals surface area contributed by atoms with Crippen molar-refractivity contribution in [2.75, 3.05) is 6.61 Å². The van der Waals surface area contributed by atoms with Crippen molar-refractivity contribution in [1.82, 2.24) is 9.88 Å². The highest BCUT2D eigenvalue weighted by Crippen LogP contribution is 2.24. The summed E-state index contributed by atoms with van der Waals surface area (Å²) in [5.74, 6) is -0.381. The van der Waals surface area contributed by atoms with Crippen molar-refractivity contribution < 1.29 is 9.53 Å². The number of hydrogen-bond acceptors (Lipinski definition) is 4. The summed E-state index contributed by atoms with van der Waals surface area (Å²) in [5.41, 5.74) is 2.65. The van der Waals surface area contributed by atoms with E-state index < -0.39 is 8.07 Å². The van der Waals surface area contributed by atoms with Gasteiger partial charge >= 0.3 is 0 Å². The number of carbonyl (C=O) groups is 1. The predicted octanol–water partition coefficient (Wildman–Crippen LogP) is 5.04. The quantitative estimate of drug-likeness (QED) is 0.377. The van der Waals surface area contributed by atoms with Crippen molar-refractivity contribution in [3.05, 3.63) is 67.8 Å². The molecule has 8 heteroatoms. The second-order valence-corrected chi connectivity index (χ2v) is 15.5. The monoisotopic (exact) mass is 462 g/mol. The van der Waals surface area contributed by atoms with Crippen molar-refractivity contribution in [1.29, 1.82) is 0 Å². The number of rotatable bonds is 8. The number of aryl methyl sites for hydroxylation is 1. The lowest BCUT2D eigenvalue weighted by Crippen LogP contribution is -2.29. The van der Waals surface area contributed by atoms with E-state index in [-0.39, 0.29) is 16.9 Å². The molecule has 1 amide bonds. The van der Waals surface area contributed by atoms with Gasteiger partial charge in [0, 0.05) is 45.1 Å². The molecule has 0 bridgehead atoms. The van der Waals surface area contributed by atoms with Crippen LogP contribution in [0, 0.1) is 0 Å². The van der Waals surface area contributed by atoms with E-state index in [9.17, 15) is 9.59 Å². The summed E-state index contributed by atoms with van der Waals surface area (Å²) in [6, 6.07) is 8.33. The zero-order valence-electron chi connectivity index (χ0n) is 17.8. The number of fused-ring (bicyclic) bond motifs is 1. The highest BCUT2D eigenvalue weighted by Gasteiger charge is 2.18. The number of aromatic nitrogens is 1. The summed E-state index contributed by atoms with van der Waals surface area (Å²) in [4.78, 5) is 25.6. The minimum Gasteiger partial charge on any atom is -0.377 e. The highest BCUT2D eigenvalue weighted by molar-refractivity contribution is 7.17. The van der Waals surface area contributed by atoms with Gasteiger partial charge in [0.2, 0.25) is 5.43 Å². The van der Waals surface area contributed by atoms with Crippen LogP contribution >= 0.6 is 22.9 Å². The first-order chi connectivity index (χ1) is 14.2. The average Bonchev–Trinajstić information content (AvgIpc) is 3.11. The van der Waals surface area contributed by atoms with Crippen LogP contribution in [0.1, 0.15) is 21.5 Å². The van der Waals surface area contributed by atoms with E-state index in [0.29, 0.717) is 22.9 Å². The molecule has 0 aliphatic carbocycles. The van der Waals surface area contributed by atoms with E-state index in [1.54, 1.807) is 18.3 Å². The molecule has 0 spiro atoms. The number of amides is 1. The predicted molar refractivity (Wildman–Crippen MR) is 127 cm³/mol. The van der Waals surface area contributed by atoms with Crippen molar-refractivity contribution in [3.63, 3.8) is 0 Å². The number of pyridine rings is 1. The molecular weight excluding hydrogens is 436 g/mol. The number of nitrogens with zero attached hydrogens (tertiary/aromatic N) is 1. The third-order valence-corrected chi connectivity index (χ3v) is 7.80. The first-order valence-corrected chi connectivity index (χ1v) is 14.8. The molecule has 3 rings (SSSR count). The number of thiophene rings is 1. The molecule has 5 nitrogen and oxygen atoms in total. The van der Waals surface area contributed by atoms with Crippen LogP contribution in [0.15, 0.2) is 40.6 Å². The standard InChI is InChI=1S/C22H27ClN2O3SSi/c1-25-12-18(22(27)24-11-15-5-7-17(23)8-6-15)20(26)21-19(25)16(14-29-21)13-28-9-10-30(2,3)4/h5-8,12,14H,9-11,13H2,1-4H3,(H,24,27). The summed E-state index contributed by atoms with van der Waals surface area (Å²) >= 11 is 7.25. The van der Waals surface area contributed by atoms with Crippen LogP contribution in [-0.2, 0) is 24.9 Å². The van der Waals surface area contributed by atoms with E-state index in [1.165, 1.54) is 11.3 Å². The number of ether oxygens (including phenoxy) is 1. The molecule has 0 saturated heterocycles. The van der Waals surface area contributed by atoms with Gasteiger partial charge in [0.25, 0.3) is 5.91 Å². The lowest BCUT2D eigenvalue weighted by atomic mass is 10.2. The van der Waals surface area contributed by atoms with E-state index in [4.69, 9.17) is 16.3 Å². The number of nitrogens with one attached hydrogen (secondary N) is 1. The van der Waals surface area contributed by atoms with Gasteiger partial charge in [-0.1, -0.05) is 43.4 Å². The molecule has 0 fully saturated rings. The fourth-order valence-corrected chi connectivity index (χ4v) is 5.01. The molecule has 2 aromatic heterocycles. The molecule has 1 aromatic carbocycles. The molecule has 160 valence electrons. The first kappa shape index (κ1) is 22.7. The van der Waals surface area contributed by atoms with Crippen LogP contribution in [0.4, 0.5) is 0 Å². The smallest absolute Gasteiger partial charge is 0.257 e. The molecule has 0 aliphatic heterocycles. The van der Waals surface area contributed by atoms with E-state index in [2.05, 4.69) is 25.0 Å². The Morgan fingerprint density at radius 2 is 1.93 bits per heavy atom. The maximum atomic E-state index is 12.9. The van der Waals surface area contributed by atoms with Crippen molar-refractivity contribution in [3.8, 4) is 0 Å². The van der Waals surface area contributed by atoms with Crippen LogP contribution in [-0.4, -0.2) is 25.2 Å². The molecule has 30 heavy (non-hydrogen) atoms. The van der Waals surface area contributed by atoms with E-state index >= 15 is 0 Å². The summed E-state index contributed by atoms with van der Waals surface area (Å²) in [6.07, 6.45) is 1.61. The molecule has 0 unspecified atom stereocenters. The Kier molecular flexibility index (Phi) is 7.18. The van der Waals surface area contributed by atoms with Crippen molar-refractivity contribution in [2.24, 2.45) is 7.05 Å². The molecule has 0 atom stereocenters. The number of carbonyl (C=O) groups excluding carboxylic acids is 1. The molecule has 0 aliphatic rings. The normalized spacial score (nSPS) is 11.8. The Morgan fingerprint density at radius 1 is 1.23 bits per heavy atom. The lowest BCUT2D eigenvalue weighted by Gasteiger charge is -2.15. The van der Waals surface area contributed by atoms with Gasteiger partial charge in [-0.3, -0.25) is 9.59 Å². The van der Waals surface area contributed by atoms with Gasteiger partial charge in [-0.25, -0.2) is 0 Å². The van der Waals surface area contributed by atoms with Crippen molar-refractivity contribution in [2.45, 2.75) is 38.8 Å². The second kappa shape index (κ2) is 9.47. The Morgan fingerprint density at radius 3 is 2.60 bits per heavy atom. The zero-order valence-corrected chi connectivity index (χ0v) is 20.3. The Labute approximate surface area is 186 Å². The van der Waals surface area contributed by atoms with Gasteiger partial charge in [0.15, 0.2) is 0 Å². The van der Waals surface area contributed by atoms with E-state index in [0.717, 1.165) is 29.3 Å². The first-order valence-electron chi connectivity index (χ1n) is 9.86. The second-order valence-electron chi connectivity index (χ2n) is 8.59. The topological polar surface area (TPSA) is 60.3 Å². The van der Waals surface area contributed by atoms with Crippen molar-refractivity contribution >= 4 is 47.1 Å². The number of hydrogen-bond donors (Lipinski definition) is 1. The number of halogens is 1. The Bertz CT molecular complexity index is 1100. The summed E-state index contributed by atoms with van der Waals surface area (Å²) < 4.78 is 8.30. The maximum absolute atomic E-state index is 12.9. The minimum absolute atomic E-state index is 0.145. The number of benzene rings is 1. The SMILES string of the molecule is Cn1cc(C(=O)NCc2ccc(Cl)cc2)c(=O)c2scc(COCC[Si](C)(C)C)c21. The fourth-order valence-electron chi connectivity index (χ4n) is 3.08. The maximum Gasteiger partial charge on any atom is 0.257 e. The zero-order chi connectivity index (χ0) is 21.9. The minimum atomic E-state index is -1.14. The highest BCUT2D eigenvalue weighted by atomic mass is 35.5. The molecule has 0 saturated carbocycles. The van der Waals surface area contributed by atoms with Gasteiger partial charge in [-0.2, -0.15) is 0 Å². The van der Waals surface area contributed by atoms with Crippen LogP contribution in [0.3, 0.4) is 0 Å². The molecule has 1 N–H and O–H groups in total.